The Balaban J connectivity index is 1.35. The Kier molecular flexibility index (Phi) is 11.9. The molecule has 3 fully saturated rings. The third-order valence-corrected chi connectivity index (χ3v) is 14.0. The number of benzene rings is 1. The second kappa shape index (κ2) is 16.0. The molecule has 0 spiro atoms. The van der Waals surface area contributed by atoms with Crippen LogP contribution in [0.3, 0.4) is 0 Å². The summed E-state index contributed by atoms with van der Waals surface area (Å²) in [5, 5.41) is 5.06. The molecule has 324 valence electrons. The maximum absolute atomic E-state index is 14.7. The van der Waals surface area contributed by atoms with Gasteiger partial charge in [0.25, 0.3) is 5.91 Å². The Hall–Kier alpha value is -4.75. The van der Waals surface area contributed by atoms with Gasteiger partial charge in [0.15, 0.2) is 0 Å². The lowest BCUT2D eigenvalue weighted by atomic mass is 9.88. The summed E-state index contributed by atoms with van der Waals surface area (Å²) in [5.41, 5.74) is -3.33. The summed E-state index contributed by atoms with van der Waals surface area (Å²) in [6.45, 7) is 5.09. The molecule has 2 saturated carbocycles. The van der Waals surface area contributed by atoms with Gasteiger partial charge in [0.2, 0.25) is 33.3 Å². The SMILES string of the molecule is COc1ccc2nc(C)c(O[C@@H]3CC4C(=O)N[C@]5(C(=O)NS(=O)(=O)C6(CF)CC6)C[C@H]5/C=C\CC[C@@H](C)C[C@@H](C)[C@H](NC(=O)OC(C)(C)C(F)(F)F)C(=O)N4C3)nc2c1. The van der Waals surface area contributed by atoms with Crippen molar-refractivity contribution in [3.63, 3.8) is 0 Å². The minimum absolute atomic E-state index is 0.00670. The fourth-order valence-corrected chi connectivity index (χ4v) is 9.13. The Labute approximate surface area is 339 Å². The highest BCUT2D eigenvalue weighted by Gasteiger charge is 2.64. The lowest BCUT2D eigenvalue weighted by molar-refractivity contribution is -0.244. The van der Waals surface area contributed by atoms with E-state index in [2.05, 4.69) is 20.6 Å². The minimum atomic E-state index is -4.94. The molecule has 20 heteroatoms. The van der Waals surface area contributed by atoms with E-state index < -0.39 is 92.6 Å². The zero-order chi connectivity index (χ0) is 43.3. The maximum atomic E-state index is 14.7. The molecule has 4 aliphatic rings. The molecule has 7 atom stereocenters. The number of aromatic nitrogens is 2. The van der Waals surface area contributed by atoms with Crippen molar-refractivity contribution in [2.75, 3.05) is 20.3 Å². The first-order valence-electron chi connectivity index (χ1n) is 19.5. The van der Waals surface area contributed by atoms with Crippen molar-refractivity contribution in [3.05, 3.63) is 36.0 Å². The van der Waals surface area contributed by atoms with E-state index in [-0.39, 0.29) is 44.0 Å². The number of alkyl halides is 4. The highest BCUT2D eigenvalue weighted by molar-refractivity contribution is 7.91. The van der Waals surface area contributed by atoms with Crippen molar-refractivity contribution in [1.29, 1.82) is 0 Å². The van der Waals surface area contributed by atoms with Crippen LogP contribution in [0.25, 0.3) is 11.0 Å². The second-order valence-corrected chi connectivity index (χ2v) is 18.9. The Morgan fingerprint density at radius 3 is 2.44 bits per heavy atom. The molecule has 2 aliphatic carbocycles. The van der Waals surface area contributed by atoms with Gasteiger partial charge in [-0.3, -0.25) is 19.1 Å². The summed E-state index contributed by atoms with van der Waals surface area (Å²) in [6, 6.07) is 2.19. The summed E-state index contributed by atoms with van der Waals surface area (Å²) in [4.78, 5) is 66.5. The van der Waals surface area contributed by atoms with Crippen molar-refractivity contribution >= 4 is 44.9 Å². The van der Waals surface area contributed by atoms with Crippen molar-refractivity contribution in [3.8, 4) is 11.6 Å². The standard InChI is InChI=1S/C39H50F4N6O9S/c1-21-9-7-8-10-24-18-38(24,34(52)48-59(54,55)37(20-40)13-14-37)47-31(50)29-17-26(57-32-23(3)44-27-12-11-25(56-6)16-28(27)45-32)19-49(29)33(51)30(22(2)15-21)46-35(53)58-36(4,5)39(41,42)43/h8,10-12,16,21-22,24,26,29-30H,7,9,13-15,17-20H2,1-6H3,(H,46,53)(H,47,50)(H,48,52)/b10-8-/t21-,22-,24-,26-,29?,30+,38-/m1/s1. The first kappa shape index (κ1) is 43.8. The zero-order valence-electron chi connectivity index (χ0n) is 33.7. The van der Waals surface area contributed by atoms with E-state index in [0.717, 1.165) is 4.90 Å². The zero-order valence-corrected chi connectivity index (χ0v) is 34.5. The first-order valence-corrected chi connectivity index (χ1v) is 21.0. The molecular weight excluding hydrogens is 805 g/mol. The van der Waals surface area contributed by atoms with Crippen LogP contribution in [-0.4, -0.2) is 108 Å². The molecule has 3 heterocycles. The Morgan fingerprint density at radius 1 is 1.08 bits per heavy atom. The predicted octanol–water partition coefficient (Wildman–Crippen LogP) is 4.57. The monoisotopic (exact) mass is 854 g/mol. The summed E-state index contributed by atoms with van der Waals surface area (Å²) >= 11 is 0. The van der Waals surface area contributed by atoms with E-state index in [4.69, 9.17) is 14.2 Å². The van der Waals surface area contributed by atoms with Crippen LogP contribution in [0.5, 0.6) is 11.6 Å². The molecule has 1 aromatic heterocycles. The molecule has 2 aromatic rings. The summed E-state index contributed by atoms with van der Waals surface area (Å²) < 4.78 is 98.0. The number of halogens is 4. The number of alkyl carbamates (subject to hydrolysis) is 1. The third kappa shape index (κ3) is 8.92. The number of nitrogens with one attached hydrogen (secondary N) is 3. The van der Waals surface area contributed by atoms with Gasteiger partial charge >= 0.3 is 12.3 Å². The normalized spacial score (nSPS) is 29.2. The number of allylic oxidation sites excluding steroid dienone is 1. The van der Waals surface area contributed by atoms with E-state index in [0.29, 0.717) is 55.6 Å². The molecule has 4 amide bonds. The lowest BCUT2D eigenvalue weighted by Crippen LogP contribution is -2.60. The van der Waals surface area contributed by atoms with Crippen LogP contribution in [-0.2, 0) is 29.1 Å². The molecule has 0 radical (unpaired) electrons. The van der Waals surface area contributed by atoms with Crippen LogP contribution >= 0.6 is 0 Å². The lowest BCUT2D eigenvalue weighted by Gasteiger charge is -2.34. The molecule has 6 rings (SSSR count). The van der Waals surface area contributed by atoms with Gasteiger partial charge < -0.3 is 29.7 Å². The van der Waals surface area contributed by atoms with Gasteiger partial charge in [-0.05, 0) is 83.3 Å². The average Bonchev–Trinajstić information content (AvgIpc) is 4.06. The number of methoxy groups -OCH3 is 1. The van der Waals surface area contributed by atoms with Gasteiger partial charge in [-0.2, -0.15) is 13.2 Å². The highest BCUT2D eigenvalue weighted by atomic mass is 32.2. The third-order valence-electron chi connectivity index (χ3n) is 11.9. The number of carbonyl (C=O) groups is 4. The second-order valence-electron chi connectivity index (χ2n) is 16.8. The van der Waals surface area contributed by atoms with Crippen molar-refractivity contribution in [2.45, 2.75) is 120 Å². The van der Waals surface area contributed by atoms with Gasteiger partial charge in [-0.1, -0.05) is 26.0 Å². The number of ether oxygens (including phenoxy) is 3. The molecule has 0 bridgehead atoms. The highest BCUT2D eigenvalue weighted by Crippen LogP contribution is 2.48. The van der Waals surface area contributed by atoms with Crippen LogP contribution in [0, 0.1) is 24.7 Å². The van der Waals surface area contributed by atoms with Crippen LogP contribution < -0.4 is 24.8 Å². The number of aryl methyl sites for hydroxylation is 1. The quantitative estimate of drug-likeness (QED) is 0.236. The van der Waals surface area contributed by atoms with E-state index in [1.165, 1.54) is 7.11 Å². The minimum Gasteiger partial charge on any atom is -0.497 e. The van der Waals surface area contributed by atoms with Crippen LogP contribution in [0.2, 0.25) is 0 Å². The number of rotatable bonds is 9. The molecule has 1 unspecified atom stereocenters. The summed E-state index contributed by atoms with van der Waals surface area (Å²) in [7, 11) is -2.98. The van der Waals surface area contributed by atoms with Crippen molar-refractivity contribution < 1.29 is 59.4 Å². The van der Waals surface area contributed by atoms with Gasteiger partial charge in [-0.25, -0.2) is 27.6 Å². The van der Waals surface area contributed by atoms with Gasteiger partial charge in [0.05, 0.1) is 24.7 Å². The average molecular weight is 855 g/mol. The fourth-order valence-electron chi connectivity index (χ4n) is 7.70. The molecule has 3 N–H and O–H groups in total. The molecule has 1 aromatic carbocycles. The van der Waals surface area contributed by atoms with Crippen molar-refractivity contribution in [1.82, 2.24) is 30.2 Å². The van der Waals surface area contributed by atoms with Gasteiger partial charge in [-0.15, -0.1) is 0 Å². The van der Waals surface area contributed by atoms with Gasteiger partial charge in [0.1, 0.15) is 46.6 Å². The number of nitrogens with zero attached hydrogens (tertiary/aromatic N) is 3. The fraction of sp³-hybridized carbons (Fsp3) is 0.641. The summed E-state index contributed by atoms with van der Waals surface area (Å²) in [5.74, 6) is -3.56. The predicted molar refractivity (Wildman–Crippen MR) is 204 cm³/mol. The van der Waals surface area contributed by atoms with Crippen molar-refractivity contribution in [2.24, 2.45) is 17.8 Å². The van der Waals surface area contributed by atoms with E-state index in [1.54, 1.807) is 44.2 Å². The number of sulfonamides is 1. The smallest absolute Gasteiger partial charge is 0.427 e. The van der Waals surface area contributed by atoms with E-state index in [9.17, 15) is 45.2 Å². The Morgan fingerprint density at radius 2 is 1.80 bits per heavy atom. The molecule has 15 nitrogen and oxygen atoms in total. The number of amides is 4. The van der Waals surface area contributed by atoms with E-state index in [1.807, 2.05) is 11.6 Å². The molecule has 59 heavy (non-hydrogen) atoms. The number of carbonyl (C=O) groups excluding carboxylic acids is 4. The van der Waals surface area contributed by atoms with Gasteiger partial charge in [0, 0.05) is 18.4 Å². The molecule has 2 aliphatic heterocycles. The number of hydrogen-bond donors (Lipinski definition) is 3. The van der Waals surface area contributed by atoms with E-state index >= 15 is 0 Å². The van der Waals surface area contributed by atoms with Crippen LogP contribution in [0.1, 0.15) is 78.3 Å². The van der Waals surface area contributed by atoms with Crippen LogP contribution in [0.15, 0.2) is 30.4 Å². The topological polar surface area (TPSA) is 195 Å². The summed E-state index contributed by atoms with van der Waals surface area (Å²) in [6.07, 6.45) is -2.59. The Bertz CT molecular complexity index is 2130. The molecular formula is C39H50F4N6O9S. The number of hydrogen-bond acceptors (Lipinski definition) is 11. The van der Waals surface area contributed by atoms with Crippen LogP contribution in [0.4, 0.5) is 22.4 Å². The largest absolute Gasteiger partial charge is 0.497 e. The molecule has 1 saturated heterocycles. The number of fused-ring (bicyclic) bond motifs is 3. The maximum Gasteiger partial charge on any atom is 0.427 e. The first-order chi connectivity index (χ1) is 27.5.